The van der Waals surface area contributed by atoms with Crippen molar-refractivity contribution in [3.63, 3.8) is 0 Å². The number of ether oxygens (including phenoxy) is 1. The molecule has 0 bridgehead atoms. The van der Waals surface area contributed by atoms with Crippen molar-refractivity contribution >= 4 is 0 Å². The van der Waals surface area contributed by atoms with E-state index in [1.807, 2.05) is 6.07 Å². The van der Waals surface area contributed by atoms with Gasteiger partial charge in [-0.25, -0.2) is 4.39 Å². The number of benzene rings is 1. The third-order valence-corrected chi connectivity index (χ3v) is 3.65. The zero-order valence-corrected chi connectivity index (χ0v) is 13.2. The summed E-state index contributed by atoms with van der Waals surface area (Å²) in [6, 6.07) is 5.18. The highest BCUT2D eigenvalue weighted by Gasteiger charge is 2.16. The van der Waals surface area contributed by atoms with Crippen LogP contribution in [0.2, 0.25) is 0 Å². The summed E-state index contributed by atoms with van der Waals surface area (Å²) in [7, 11) is 3.52. The number of likely N-dealkylation sites (N-methyl/N-ethyl adjacent to an activating group) is 1. The molecule has 0 saturated carbocycles. The van der Waals surface area contributed by atoms with Crippen LogP contribution in [0.4, 0.5) is 4.39 Å². The summed E-state index contributed by atoms with van der Waals surface area (Å²) in [5, 5.41) is 0. The van der Waals surface area contributed by atoms with Crippen molar-refractivity contribution in [1.29, 1.82) is 0 Å². The highest BCUT2D eigenvalue weighted by Crippen LogP contribution is 2.22. The molecule has 0 saturated heterocycles. The summed E-state index contributed by atoms with van der Waals surface area (Å²) in [5.41, 5.74) is 6.97. The van der Waals surface area contributed by atoms with Gasteiger partial charge in [-0.1, -0.05) is 19.9 Å². The quantitative estimate of drug-likeness (QED) is 0.834. The van der Waals surface area contributed by atoms with Crippen LogP contribution < -0.4 is 10.5 Å². The van der Waals surface area contributed by atoms with Crippen LogP contribution in [0, 0.1) is 11.7 Å². The van der Waals surface area contributed by atoms with Crippen LogP contribution in [0.5, 0.6) is 5.75 Å². The fourth-order valence-corrected chi connectivity index (χ4v) is 2.37. The normalized spacial score (nSPS) is 14.7. The molecule has 2 atom stereocenters. The van der Waals surface area contributed by atoms with Crippen LogP contribution in [0.25, 0.3) is 0 Å². The molecule has 1 aromatic carbocycles. The van der Waals surface area contributed by atoms with Crippen molar-refractivity contribution in [1.82, 2.24) is 4.90 Å². The number of nitrogens with zero attached hydrogens (tertiary/aromatic N) is 1. The highest BCUT2D eigenvalue weighted by molar-refractivity contribution is 5.31. The van der Waals surface area contributed by atoms with Crippen molar-refractivity contribution in [3.05, 3.63) is 29.6 Å². The van der Waals surface area contributed by atoms with Gasteiger partial charge in [0.05, 0.1) is 7.11 Å². The Kier molecular flexibility index (Phi) is 6.43. The lowest BCUT2D eigenvalue weighted by Gasteiger charge is -2.28. The molecule has 0 aliphatic carbocycles. The van der Waals surface area contributed by atoms with E-state index in [9.17, 15) is 4.39 Å². The van der Waals surface area contributed by atoms with Gasteiger partial charge in [0.2, 0.25) is 0 Å². The molecule has 2 N–H and O–H groups in total. The fourth-order valence-electron chi connectivity index (χ4n) is 2.37. The zero-order chi connectivity index (χ0) is 15.3. The van der Waals surface area contributed by atoms with Crippen molar-refractivity contribution < 1.29 is 9.13 Å². The van der Waals surface area contributed by atoms with Gasteiger partial charge in [0.25, 0.3) is 0 Å². The molecule has 0 fully saturated rings. The van der Waals surface area contributed by atoms with Gasteiger partial charge in [-0.05, 0) is 44.0 Å². The van der Waals surface area contributed by atoms with E-state index < -0.39 is 0 Å². The van der Waals surface area contributed by atoms with Gasteiger partial charge >= 0.3 is 0 Å². The van der Waals surface area contributed by atoms with Crippen molar-refractivity contribution in [3.8, 4) is 5.75 Å². The lowest BCUT2D eigenvalue weighted by Crippen LogP contribution is -2.36. The van der Waals surface area contributed by atoms with Crippen LogP contribution in [-0.4, -0.2) is 31.6 Å². The zero-order valence-electron chi connectivity index (χ0n) is 13.2. The minimum atomic E-state index is -0.363. The Bertz CT molecular complexity index is 423. The molecular weight excluding hydrogens is 255 g/mol. The van der Waals surface area contributed by atoms with E-state index in [4.69, 9.17) is 10.5 Å². The molecule has 1 aromatic rings. The maximum atomic E-state index is 13.7. The van der Waals surface area contributed by atoms with Gasteiger partial charge in [0.15, 0.2) is 11.6 Å². The molecule has 0 heterocycles. The van der Waals surface area contributed by atoms with E-state index in [-0.39, 0.29) is 17.6 Å². The van der Waals surface area contributed by atoms with Gasteiger partial charge < -0.3 is 15.4 Å². The molecule has 114 valence electrons. The molecule has 0 radical (unpaired) electrons. The lowest BCUT2D eigenvalue weighted by molar-refractivity contribution is 0.216. The maximum absolute atomic E-state index is 13.7. The van der Waals surface area contributed by atoms with Crippen LogP contribution in [0.1, 0.15) is 38.8 Å². The van der Waals surface area contributed by atoms with Gasteiger partial charge in [0, 0.05) is 18.6 Å². The minimum Gasteiger partial charge on any atom is -0.494 e. The Balaban J connectivity index is 2.66. The Hall–Kier alpha value is -1.13. The van der Waals surface area contributed by atoms with Crippen LogP contribution in [0.3, 0.4) is 0 Å². The molecule has 4 heteroatoms. The molecule has 1 rings (SSSR count). The third kappa shape index (κ3) is 4.76. The largest absolute Gasteiger partial charge is 0.494 e. The van der Waals surface area contributed by atoms with Crippen molar-refractivity contribution in [2.75, 3.05) is 20.7 Å². The second kappa shape index (κ2) is 7.60. The lowest BCUT2D eigenvalue weighted by atomic mass is 10.0. The molecular formula is C16H27FN2O. The molecule has 0 spiro atoms. The predicted molar refractivity (Wildman–Crippen MR) is 81.4 cm³/mol. The Morgan fingerprint density at radius 1 is 1.30 bits per heavy atom. The average Bonchev–Trinajstić information content (AvgIpc) is 2.37. The predicted octanol–water partition coefficient (Wildman–Crippen LogP) is 3.20. The molecule has 0 amide bonds. The number of hydrogen-bond donors (Lipinski definition) is 1. The molecule has 0 aliphatic heterocycles. The van der Waals surface area contributed by atoms with E-state index in [0.29, 0.717) is 18.5 Å². The number of nitrogens with two attached hydrogens (primary N) is 1. The Morgan fingerprint density at radius 2 is 1.95 bits per heavy atom. The van der Waals surface area contributed by atoms with Gasteiger partial charge in [-0.2, -0.15) is 0 Å². The number of halogens is 1. The van der Waals surface area contributed by atoms with E-state index in [2.05, 4.69) is 32.7 Å². The van der Waals surface area contributed by atoms with E-state index in [1.165, 1.54) is 13.2 Å². The fraction of sp³-hybridized carbons (Fsp3) is 0.625. The SMILES string of the molecule is COc1ccc(C(N)CN(C)C(C)CC(C)C)cc1F. The topological polar surface area (TPSA) is 38.5 Å². The van der Waals surface area contributed by atoms with Crippen LogP contribution >= 0.6 is 0 Å². The Morgan fingerprint density at radius 3 is 2.45 bits per heavy atom. The number of hydrogen-bond acceptors (Lipinski definition) is 3. The molecule has 2 unspecified atom stereocenters. The van der Waals surface area contributed by atoms with Crippen LogP contribution in [0.15, 0.2) is 18.2 Å². The van der Waals surface area contributed by atoms with Crippen molar-refractivity contribution in [2.24, 2.45) is 11.7 Å². The number of rotatable bonds is 7. The third-order valence-electron chi connectivity index (χ3n) is 3.65. The van der Waals surface area contributed by atoms with Crippen molar-refractivity contribution in [2.45, 2.75) is 39.3 Å². The van der Waals surface area contributed by atoms with Gasteiger partial charge in [-0.3, -0.25) is 0 Å². The second-order valence-electron chi connectivity index (χ2n) is 5.92. The molecule has 0 aromatic heterocycles. The maximum Gasteiger partial charge on any atom is 0.165 e. The van der Waals surface area contributed by atoms with Crippen LogP contribution in [-0.2, 0) is 0 Å². The van der Waals surface area contributed by atoms with Gasteiger partial charge in [-0.15, -0.1) is 0 Å². The standard InChI is InChI=1S/C16H27FN2O/c1-11(2)8-12(3)19(4)10-15(18)13-6-7-16(20-5)14(17)9-13/h6-7,9,11-12,15H,8,10,18H2,1-5H3. The first-order valence-corrected chi connectivity index (χ1v) is 7.14. The summed E-state index contributed by atoms with van der Waals surface area (Å²) < 4.78 is 18.6. The number of methoxy groups -OCH3 is 1. The summed E-state index contributed by atoms with van der Waals surface area (Å²) >= 11 is 0. The Labute approximate surface area is 121 Å². The summed E-state index contributed by atoms with van der Waals surface area (Å²) in [5.74, 6) is 0.544. The molecule has 0 aliphatic rings. The summed E-state index contributed by atoms with van der Waals surface area (Å²) in [4.78, 5) is 2.23. The molecule has 20 heavy (non-hydrogen) atoms. The summed E-state index contributed by atoms with van der Waals surface area (Å²) in [6.07, 6.45) is 1.13. The average molecular weight is 282 g/mol. The first-order valence-electron chi connectivity index (χ1n) is 7.14. The second-order valence-corrected chi connectivity index (χ2v) is 5.92. The van der Waals surface area contributed by atoms with E-state index >= 15 is 0 Å². The first kappa shape index (κ1) is 16.9. The molecule has 3 nitrogen and oxygen atoms in total. The smallest absolute Gasteiger partial charge is 0.165 e. The monoisotopic (exact) mass is 282 g/mol. The highest BCUT2D eigenvalue weighted by atomic mass is 19.1. The van der Waals surface area contributed by atoms with E-state index in [1.54, 1.807) is 6.07 Å². The first-order chi connectivity index (χ1) is 9.35. The van der Waals surface area contributed by atoms with E-state index in [0.717, 1.165) is 12.0 Å². The minimum absolute atomic E-state index is 0.199. The summed E-state index contributed by atoms with van der Waals surface area (Å²) in [6.45, 7) is 7.33. The van der Waals surface area contributed by atoms with Gasteiger partial charge in [0.1, 0.15) is 0 Å².